The second-order valence-electron chi connectivity index (χ2n) is 1.34. The third kappa shape index (κ3) is 2260. The topological polar surface area (TPSA) is 297 Å². The Hall–Kier alpha value is -12.3. The Morgan fingerprint density at radius 3 is 0.173 bits per heavy atom. The highest BCUT2D eigenvalue weighted by molar-refractivity contribution is 5.44. The number of hydrogen-bond donors (Lipinski definition) is 1. The van der Waals surface area contributed by atoms with E-state index in [0.29, 0.717) is 0 Å². The highest BCUT2D eigenvalue weighted by Crippen LogP contribution is 1.17. The minimum absolute atomic E-state index is 1.25. The fourth-order valence-corrected chi connectivity index (χ4v) is 0. The van der Waals surface area contributed by atoms with Gasteiger partial charge in [0.05, 0.1) is 0 Å². The van der Waals surface area contributed by atoms with Crippen molar-refractivity contribution in [1.29, 1.82) is 5.41 Å². The first-order valence-electron chi connectivity index (χ1n) is 16.6. The first kappa shape index (κ1) is 314. The van der Waals surface area contributed by atoms with Gasteiger partial charge in [0, 0.05) is 5.87 Å². The maximum absolute atomic E-state index is 8.57. The average Bonchev–Trinajstić information content (AvgIpc) is 3.65. The molecule has 0 amide bonds. The predicted molar refractivity (Wildman–Crippen MR) is 375 cm³/mol. The molecule has 17 heteroatoms. The normalized spacial score (nSPS) is 2.17. The van der Waals surface area contributed by atoms with Crippen LogP contribution in [0.4, 0.5) is 0 Å². The Morgan fingerprint density at radius 2 is 0.173 bits per heavy atom. The van der Waals surface area contributed by atoms with E-state index in [-0.39, 0.29) is 0 Å². The van der Waals surface area contributed by atoms with Gasteiger partial charge >= 0.3 is 0 Å². The van der Waals surface area contributed by atoms with E-state index in [2.05, 4.69) is 306 Å². The largest absolute Gasteiger partial charge is 0.307 e. The summed E-state index contributed by atoms with van der Waals surface area (Å²) in [6.45, 7) is 157. The Labute approximate surface area is 499 Å². The lowest BCUT2D eigenvalue weighted by atomic mass is 11.0. The van der Waals surface area contributed by atoms with Crippen LogP contribution in [0.2, 0.25) is 0 Å². The van der Waals surface area contributed by atoms with E-state index in [1.54, 1.807) is 0 Å². The summed E-state index contributed by atoms with van der Waals surface area (Å²) >= 11 is 0. The van der Waals surface area contributed by atoms with E-state index in [1.165, 1.54) is 11.9 Å². The predicted octanol–water partition coefficient (Wildman–Crippen LogP) is 14.5. The molecule has 17 nitrogen and oxygen atoms in total. The highest BCUT2D eigenvalue weighted by Gasteiger charge is 1.10. The van der Waals surface area contributed by atoms with E-state index in [9.17, 15) is 0 Å². The van der Waals surface area contributed by atoms with E-state index in [0.717, 1.165) is 0 Å². The molecular formula is C64H115NO16. The van der Waals surface area contributed by atoms with Gasteiger partial charge in [0.15, 0.2) is 0 Å². The molecule has 0 aromatic carbocycles. The fourth-order valence-electron chi connectivity index (χ4n) is 0. The smallest absolute Gasteiger partial charge is 0.116 e. The van der Waals surface area contributed by atoms with Crippen molar-refractivity contribution in [2.24, 2.45) is 0 Å². The Bertz CT molecular complexity index is 655. The lowest BCUT2D eigenvalue weighted by Crippen LogP contribution is -1.19. The van der Waals surface area contributed by atoms with E-state index in [4.69, 9.17) is 82.1 Å². The molecule has 81 heavy (non-hydrogen) atoms. The maximum Gasteiger partial charge on any atom is 0.116 e. The van der Waals surface area contributed by atoms with Crippen LogP contribution < -0.4 is 0 Å². The first-order chi connectivity index (χ1) is 40.0. The summed E-state index contributed by atoms with van der Waals surface area (Å²) in [6, 6.07) is 0. The van der Waals surface area contributed by atoms with Gasteiger partial charge in [-0.05, 0) is 19.7 Å². The highest BCUT2D eigenvalue weighted by atomic mass is 16.1. The molecule has 0 atom stereocenters. The van der Waals surface area contributed by atoms with Crippen molar-refractivity contribution < 1.29 is 76.7 Å². The van der Waals surface area contributed by atoms with Crippen molar-refractivity contribution in [3.8, 4) is 0 Å². The number of carbonyl (C=O) groups excluding carboxylic acids is 16. The molecule has 0 aliphatic carbocycles. The molecule has 0 aliphatic heterocycles. The van der Waals surface area contributed by atoms with Gasteiger partial charge in [-0.25, -0.2) is 9.59 Å². The van der Waals surface area contributed by atoms with E-state index >= 15 is 0 Å². The van der Waals surface area contributed by atoms with Gasteiger partial charge < -0.3 is 67.1 Å². The fraction of sp³-hybridized carbons (Fsp3) is 0. The number of hydrogen-bond acceptors (Lipinski definition) is 17. The minimum atomic E-state index is 1.25. The summed E-state index contributed by atoms with van der Waals surface area (Å²) in [4.78, 5) is 129. The molecular weight excluding hydrogens is 1040 g/mol. The van der Waals surface area contributed by atoms with Crippen molar-refractivity contribution in [1.82, 2.24) is 0 Å². The molecule has 0 aromatic rings. The van der Waals surface area contributed by atoms with Crippen LogP contribution in [0.25, 0.3) is 0 Å². The quantitative estimate of drug-likeness (QED) is 0.102. The zero-order chi connectivity index (χ0) is 78.9. The van der Waals surface area contributed by atoms with Crippen LogP contribution in [0.5, 0.6) is 0 Å². The van der Waals surface area contributed by atoms with Crippen LogP contribution in [-0.2, 0) is 76.7 Å². The second kappa shape index (κ2) is 10500. The molecule has 0 unspecified atom stereocenters. The van der Waals surface area contributed by atoms with E-state index in [1.807, 2.05) is 101 Å². The number of nitrogens with one attached hydrogen (secondary N) is 1. The molecule has 0 saturated carbocycles. The summed E-state index contributed by atoms with van der Waals surface area (Å²) in [7, 11) is 0. The van der Waals surface area contributed by atoms with Crippen LogP contribution in [0.1, 0.15) is 0 Å². The van der Waals surface area contributed by atoms with Crippen LogP contribution in [-0.4, -0.2) is 113 Å². The molecule has 0 aliphatic rings. The van der Waals surface area contributed by atoms with Gasteiger partial charge in [-0.3, -0.25) is 5.41 Å². The SMILES string of the molecule is C=C.C=C.C=C.C=C.C=C.C=C.C=C.C=C.C=C.C=C.C=C.C=C.C=C.C=C.C=C.C=C.C=C.C=C=C.C=C=C.C=C=C.C=C=C=N.C=C=O.C=C=O.C=O.C=O.C=O.C=O.C=O.C=O.C=O.C=O.C=O.C=O.C=O.C=O.C=O.C=O. The van der Waals surface area contributed by atoms with Crippen LogP contribution >= 0.6 is 0 Å². The summed E-state index contributed by atoms with van der Waals surface area (Å²) in [5.41, 5.74) is 8.85. The summed E-state index contributed by atoms with van der Waals surface area (Å²) in [5, 5.41) is 6.03. The zero-order valence-electron chi connectivity index (χ0n) is 50.8. The van der Waals surface area contributed by atoms with Crippen LogP contribution in [0, 0.1) is 5.41 Å². The van der Waals surface area contributed by atoms with Crippen molar-refractivity contribution in [3.05, 3.63) is 306 Å². The van der Waals surface area contributed by atoms with Crippen molar-refractivity contribution in [2.45, 2.75) is 0 Å². The van der Waals surface area contributed by atoms with Crippen LogP contribution in [0.3, 0.4) is 0 Å². The summed E-state index contributed by atoms with van der Waals surface area (Å²) in [6.07, 6.45) is 0. The molecule has 0 spiro atoms. The zero-order valence-corrected chi connectivity index (χ0v) is 50.8. The number of rotatable bonds is 0. The molecule has 0 rings (SSSR count). The van der Waals surface area contributed by atoms with Gasteiger partial charge in [-0.1, -0.05) is 45.2 Å². The molecule has 1 N–H and O–H groups in total. The monoisotopic (exact) mass is 1150 g/mol. The van der Waals surface area contributed by atoms with Gasteiger partial charge in [0.2, 0.25) is 0 Å². The lowest BCUT2D eigenvalue weighted by Gasteiger charge is -1.20. The van der Waals surface area contributed by atoms with Gasteiger partial charge in [0.25, 0.3) is 0 Å². The maximum atomic E-state index is 8.57. The molecule has 0 fully saturated rings. The summed E-state index contributed by atoms with van der Waals surface area (Å²) < 4.78 is 0. The summed E-state index contributed by atoms with van der Waals surface area (Å²) in [5.74, 6) is 4.32. The minimum Gasteiger partial charge on any atom is -0.307 e. The van der Waals surface area contributed by atoms with Crippen molar-refractivity contribution in [3.63, 3.8) is 0 Å². The Kier molecular flexibility index (Phi) is 40700. The second-order valence-corrected chi connectivity index (χ2v) is 1.34. The molecule has 0 saturated heterocycles. The first-order valence-corrected chi connectivity index (χ1v) is 16.6. The van der Waals surface area contributed by atoms with Crippen LogP contribution in [0.15, 0.2) is 306 Å². The third-order valence-electron chi connectivity index (χ3n) is 0.0884. The average molecular weight is 1150 g/mol. The molecule has 0 radical (unpaired) electrons. The lowest BCUT2D eigenvalue weighted by molar-refractivity contribution is -0.0987. The van der Waals surface area contributed by atoms with Gasteiger partial charge in [0.1, 0.15) is 107 Å². The third-order valence-corrected chi connectivity index (χ3v) is 0.0884. The number of carbonyl (C=O) groups is 14. The Balaban J connectivity index is -0.00000000703. The molecule has 0 aromatic heterocycles. The van der Waals surface area contributed by atoms with Gasteiger partial charge in [-0.2, -0.15) is 0 Å². The molecule has 0 heterocycles. The van der Waals surface area contributed by atoms with Crippen molar-refractivity contribution in [2.75, 3.05) is 0 Å². The standard InChI is InChI=1S/C3H3N.3C3H4.2C2H2O.17C2H4.14CH2O/c1-2-3-4;3*1-3-2;2*1-2-3;31*1-2/h4H,1H2;3*1-2H2;2*1H2;17*1-2H2;14*1H2. The molecule has 472 valence electrons. The van der Waals surface area contributed by atoms with E-state index < -0.39 is 0 Å². The van der Waals surface area contributed by atoms with Gasteiger partial charge in [-0.15, -0.1) is 241 Å². The molecule has 0 bridgehead atoms. The van der Waals surface area contributed by atoms with Crippen molar-refractivity contribution >= 4 is 113 Å². The Morgan fingerprint density at radius 1 is 0.160 bits per heavy atom.